The van der Waals surface area contributed by atoms with Crippen molar-refractivity contribution in [2.24, 2.45) is 5.92 Å². The largest absolute Gasteiger partial charge is 0.464 e. The molecule has 3 unspecified atom stereocenters. The Labute approximate surface area is 130 Å². The Bertz CT molecular complexity index is 719. The third-order valence-corrected chi connectivity index (χ3v) is 5.17. The molecule has 1 saturated heterocycles. The molecule has 2 heterocycles. The molecule has 2 aromatic rings. The first-order valence-corrected chi connectivity index (χ1v) is 8.17. The molecule has 4 heteroatoms. The maximum Gasteiger partial charge on any atom is 0.251 e. The van der Waals surface area contributed by atoms with Gasteiger partial charge in [-0.25, -0.2) is 0 Å². The molecule has 116 valence electrons. The maximum atomic E-state index is 12.6. The molecule has 2 aliphatic rings. The topological polar surface area (TPSA) is 54.3 Å². The lowest BCUT2D eigenvalue weighted by molar-refractivity contribution is 0.0925. The lowest BCUT2D eigenvalue weighted by atomic mass is 10.00. The highest BCUT2D eigenvalue weighted by molar-refractivity contribution is 5.98. The summed E-state index contributed by atoms with van der Waals surface area (Å²) in [5.41, 5.74) is 2.74. The van der Waals surface area contributed by atoms with Gasteiger partial charge in [-0.2, -0.15) is 0 Å². The van der Waals surface area contributed by atoms with E-state index in [1.165, 1.54) is 6.42 Å². The Morgan fingerprint density at radius 3 is 2.91 bits per heavy atom. The summed E-state index contributed by atoms with van der Waals surface area (Å²) in [6.45, 7) is 5.31. The molecular weight excluding hydrogens is 276 g/mol. The smallest absolute Gasteiger partial charge is 0.251 e. The summed E-state index contributed by atoms with van der Waals surface area (Å²) in [5, 5.41) is 7.75. The molecule has 22 heavy (non-hydrogen) atoms. The van der Waals surface area contributed by atoms with E-state index in [0.717, 1.165) is 35.1 Å². The second kappa shape index (κ2) is 5.13. The van der Waals surface area contributed by atoms with Crippen LogP contribution in [0.15, 0.2) is 28.9 Å². The van der Waals surface area contributed by atoms with E-state index in [9.17, 15) is 4.79 Å². The third-order valence-electron chi connectivity index (χ3n) is 5.17. The molecule has 0 spiro atoms. The fraction of sp³-hybridized carbons (Fsp3) is 0.500. The number of nitrogens with one attached hydrogen (secondary N) is 2. The summed E-state index contributed by atoms with van der Waals surface area (Å²) >= 11 is 0. The minimum absolute atomic E-state index is 0.0374. The Kier molecular flexibility index (Phi) is 3.22. The maximum absolute atomic E-state index is 12.6. The van der Waals surface area contributed by atoms with E-state index in [1.807, 2.05) is 18.2 Å². The van der Waals surface area contributed by atoms with Gasteiger partial charge in [-0.05, 0) is 42.9 Å². The van der Waals surface area contributed by atoms with Crippen LogP contribution in [0.25, 0.3) is 11.0 Å². The standard InChI is InChI=1S/C18H22N2O2/c1-10(2)15-9-22-17-4-3-11(6-14(15)17)18(21)20-16-7-13-5-12(16)8-19-13/h3-4,6,9-10,12-13,16,19H,5,7-8H2,1-2H3,(H,20,21). The average Bonchev–Trinajstić information content (AvgIpc) is 3.20. The van der Waals surface area contributed by atoms with Crippen LogP contribution in [-0.2, 0) is 0 Å². The highest BCUT2D eigenvalue weighted by atomic mass is 16.3. The van der Waals surface area contributed by atoms with E-state index in [0.29, 0.717) is 23.9 Å². The molecule has 1 aromatic heterocycles. The Hall–Kier alpha value is -1.81. The molecule has 4 nitrogen and oxygen atoms in total. The minimum Gasteiger partial charge on any atom is -0.464 e. The number of carbonyl (C=O) groups is 1. The van der Waals surface area contributed by atoms with Crippen LogP contribution in [-0.4, -0.2) is 24.5 Å². The Morgan fingerprint density at radius 1 is 1.36 bits per heavy atom. The van der Waals surface area contributed by atoms with Crippen LogP contribution in [0.4, 0.5) is 0 Å². The molecule has 1 aliphatic carbocycles. The lowest BCUT2D eigenvalue weighted by Crippen LogP contribution is -2.44. The zero-order valence-electron chi connectivity index (χ0n) is 13.1. The molecule has 2 N–H and O–H groups in total. The number of furan rings is 1. The molecule has 1 aliphatic heterocycles. The molecule has 1 saturated carbocycles. The number of rotatable bonds is 3. The zero-order valence-corrected chi connectivity index (χ0v) is 13.1. The summed E-state index contributed by atoms with van der Waals surface area (Å²) in [7, 11) is 0. The molecular formula is C18H22N2O2. The van der Waals surface area contributed by atoms with E-state index < -0.39 is 0 Å². The third kappa shape index (κ3) is 2.22. The van der Waals surface area contributed by atoms with Crippen molar-refractivity contribution in [1.82, 2.24) is 10.6 Å². The first-order valence-electron chi connectivity index (χ1n) is 8.17. The Morgan fingerprint density at radius 2 is 2.23 bits per heavy atom. The van der Waals surface area contributed by atoms with Crippen LogP contribution in [0.3, 0.4) is 0 Å². The van der Waals surface area contributed by atoms with Crippen molar-refractivity contribution >= 4 is 16.9 Å². The van der Waals surface area contributed by atoms with Gasteiger partial charge < -0.3 is 15.1 Å². The normalized spacial score (nSPS) is 27.0. The van der Waals surface area contributed by atoms with E-state index in [1.54, 1.807) is 6.26 Å². The highest BCUT2D eigenvalue weighted by Crippen LogP contribution is 2.32. The van der Waals surface area contributed by atoms with E-state index in [4.69, 9.17) is 4.42 Å². The van der Waals surface area contributed by atoms with E-state index >= 15 is 0 Å². The second-order valence-electron chi connectivity index (χ2n) is 6.97. The number of carbonyl (C=O) groups excluding carboxylic acids is 1. The number of piperidine rings is 1. The van der Waals surface area contributed by atoms with Crippen molar-refractivity contribution in [3.8, 4) is 0 Å². The average molecular weight is 298 g/mol. The first kappa shape index (κ1) is 13.8. The first-order chi connectivity index (χ1) is 10.6. The van der Waals surface area contributed by atoms with Crippen LogP contribution in [0.5, 0.6) is 0 Å². The van der Waals surface area contributed by atoms with Gasteiger partial charge in [0.1, 0.15) is 5.58 Å². The van der Waals surface area contributed by atoms with Gasteiger partial charge in [0.05, 0.1) is 6.26 Å². The monoisotopic (exact) mass is 298 g/mol. The van der Waals surface area contributed by atoms with Crippen molar-refractivity contribution in [2.45, 2.75) is 44.7 Å². The van der Waals surface area contributed by atoms with Crippen molar-refractivity contribution < 1.29 is 9.21 Å². The predicted octanol–water partition coefficient (Wildman–Crippen LogP) is 3.04. The zero-order chi connectivity index (χ0) is 15.3. The summed E-state index contributed by atoms with van der Waals surface area (Å²) in [4.78, 5) is 12.6. The van der Waals surface area contributed by atoms with Gasteiger partial charge in [0, 0.05) is 35.1 Å². The van der Waals surface area contributed by atoms with Crippen LogP contribution in [0.2, 0.25) is 0 Å². The molecule has 0 radical (unpaired) electrons. The van der Waals surface area contributed by atoms with Crippen LogP contribution >= 0.6 is 0 Å². The van der Waals surface area contributed by atoms with Crippen LogP contribution in [0.1, 0.15) is 48.5 Å². The number of hydrogen-bond acceptors (Lipinski definition) is 3. The Balaban J connectivity index is 1.57. The lowest BCUT2D eigenvalue weighted by Gasteiger charge is -2.23. The molecule has 1 amide bonds. The number of fused-ring (bicyclic) bond motifs is 3. The summed E-state index contributed by atoms with van der Waals surface area (Å²) in [5.74, 6) is 1.02. The predicted molar refractivity (Wildman–Crippen MR) is 86.1 cm³/mol. The summed E-state index contributed by atoms with van der Waals surface area (Å²) in [6, 6.07) is 6.65. The SMILES string of the molecule is CC(C)c1coc2ccc(C(=O)NC3CC4CC3CN4)cc12. The van der Waals surface area contributed by atoms with Gasteiger partial charge >= 0.3 is 0 Å². The second-order valence-corrected chi connectivity index (χ2v) is 6.97. The fourth-order valence-corrected chi connectivity index (χ4v) is 3.90. The van der Waals surface area contributed by atoms with E-state index in [-0.39, 0.29) is 5.91 Å². The molecule has 4 rings (SSSR count). The van der Waals surface area contributed by atoms with Gasteiger partial charge in [-0.15, -0.1) is 0 Å². The van der Waals surface area contributed by atoms with Crippen molar-refractivity contribution in [3.63, 3.8) is 0 Å². The van der Waals surface area contributed by atoms with Crippen molar-refractivity contribution in [1.29, 1.82) is 0 Å². The van der Waals surface area contributed by atoms with E-state index in [2.05, 4.69) is 24.5 Å². The van der Waals surface area contributed by atoms with Crippen molar-refractivity contribution in [2.75, 3.05) is 6.54 Å². The molecule has 3 atom stereocenters. The van der Waals surface area contributed by atoms with Gasteiger partial charge in [-0.3, -0.25) is 4.79 Å². The van der Waals surface area contributed by atoms with Crippen LogP contribution in [0, 0.1) is 5.92 Å². The van der Waals surface area contributed by atoms with Crippen LogP contribution < -0.4 is 10.6 Å². The fourth-order valence-electron chi connectivity index (χ4n) is 3.90. The van der Waals surface area contributed by atoms with Gasteiger partial charge in [0.25, 0.3) is 5.91 Å². The number of benzene rings is 1. The van der Waals surface area contributed by atoms with Gasteiger partial charge in [0.15, 0.2) is 0 Å². The van der Waals surface area contributed by atoms with Gasteiger partial charge in [0.2, 0.25) is 0 Å². The van der Waals surface area contributed by atoms with Gasteiger partial charge in [-0.1, -0.05) is 13.8 Å². The summed E-state index contributed by atoms with van der Waals surface area (Å²) in [6.07, 6.45) is 4.06. The number of amides is 1. The molecule has 2 bridgehead atoms. The minimum atomic E-state index is 0.0374. The number of hydrogen-bond donors (Lipinski definition) is 2. The molecule has 2 fully saturated rings. The molecule has 1 aromatic carbocycles. The van der Waals surface area contributed by atoms with Crippen molar-refractivity contribution in [3.05, 3.63) is 35.6 Å². The quantitative estimate of drug-likeness (QED) is 0.916. The highest BCUT2D eigenvalue weighted by Gasteiger charge is 2.40. The summed E-state index contributed by atoms with van der Waals surface area (Å²) < 4.78 is 5.58.